The van der Waals surface area contributed by atoms with Gasteiger partial charge in [0.2, 0.25) is 5.95 Å². The maximum Gasteiger partial charge on any atom is 0.258 e. The number of fused-ring (bicyclic) bond motifs is 1. The van der Waals surface area contributed by atoms with Crippen molar-refractivity contribution < 1.29 is 9.18 Å². The van der Waals surface area contributed by atoms with Crippen molar-refractivity contribution in [2.24, 2.45) is 5.92 Å². The van der Waals surface area contributed by atoms with Gasteiger partial charge in [-0.3, -0.25) is 4.79 Å². The molecule has 0 N–H and O–H groups in total. The molecule has 0 unspecified atom stereocenters. The second-order valence-electron chi connectivity index (χ2n) is 7.16. The number of hydrogen-bond donors (Lipinski definition) is 0. The summed E-state index contributed by atoms with van der Waals surface area (Å²) in [6.07, 6.45) is 6.84. The van der Waals surface area contributed by atoms with E-state index in [0.29, 0.717) is 18.4 Å². The van der Waals surface area contributed by atoms with Crippen LogP contribution in [-0.2, 0) is 0 Å². The van der Waals surface area contributed by atoms with Crippen LogP contribution in [0.1, 0.15) is 53.9 Å². The molecule has 1 aromatic heterocycles. The Labute approximate surface area is 147 Å². The molecule has 2 aliphatic rings. The van der Waals surface area contributed by atoms with Crippen LogP contribution < -0.4 is 0 Å². The monoisotopic (exact) mass is 338 g/mol. The Morgan fingerprint density at radius 2 is 1.84 bits per heavy atom. The van der Waals surface area contributed by atoms with Gasteiger partial charge in [0.1, 0.15) is 0 Å². The lowest BCUT2D eigenvalue weighted by atomic mass is 9.69. The fourth-order valence-electron chi connectivity index (χ4n) is 4.72. The highest BCUT2D eigenvalue weighted by molar-refractivity contribution is 5.94. The summed E-state index contributed by atoms with van der Waals surface area (Å²) in [7, 11) is 0. The van der Waals surface area contributed by atoms with Gasteiger partial charge in [-0.1, -0.05) is 43.2 Å². The van der Waals surface area contributed by atoms with Crippen LogP contribution in [-0.4, -0.2) is 28.4 Å². The molecular formula is C21H23FN2O. The van der Waals surface area contributed by atoms with Crippen molar-refractivity contribution in [3.05, 3.63) is 65.7 Å². The van der Waals surface area contributed by atoms with E-state index in [1.807, 2.05) is 11.0 Å². The second-order valence-corrected chi connectivity index (χ2v) is 7.16. The molecule has 4 rings (SSSR count). The van der Waals surface area contributed by atoms with Crippen LogP contribution in [0.5, 0.6) is 0 Å². The molecule has 0 spiro atoms. The summed E-state index contributed by atoms with van der Waals surface area (Å²) >= 11 is 0. The van der Waals surface area contributed by atoms with E-state index in [0.717, 1.165) is 25.7 Å². The number of aromatic nitrogens is 1. The van der Waals surface area contributed by atoms with Crippen molar-refractivity contribution in [2.45, 2.75) is 44.1 Å². The Kier molecular flexibility index (Phi) is 4.51. The number of halogens is 1. The van der Waals surface area contributed by atoms with E-state index < -0.39 is 5.95 Å². The number of nitrogens with zero attached hydrogens (tertiary/aromatic N) is 2. The molecule has 2 aromatic rings. The van der Waals surface area contributed by atoms with Gasteiger partial charge < -0.3 is 4.90 Å². The molecule has 1 aromatic carbocycles. The van der Waals surface area contributed by atoms with Crippen LogP contribution in [0, 0.1) is 11.9 Å². The van der Waals surface area contributed by atoms with Crippen LogP contribution in [0.25, 0.3) is 0 Å². The van der Waals surface area contributed by atoms with E-state index in [9.17, 15) is 9.18 Å². The van der Waals surface area contributed by atoms with Crippen LogP contribution in [0.4, 0.5) is 4.39 Å². The van der Waals surface area contributed by atoms with Gasteiger partial charge in [-0.2, -0.15) is 4.39 Å². The minimum Gasteiger partial charge on any atom is -0.335 e. The van der Waals surface area contributed by atoms with Gasteiger partial charge in [0.05, 0.1) is 5.56 Å². The Morgan fingerprint density at radius 1 is 1.04 bits per heavy atom. The maximum absolute atomic E-state index is 14.0. The van der Waals surface area contributed by atoms with E-state index in [1.54, 1.807) is 12.1 Å². The minimum absolute atomic E-state index is 0.102. The van der Waals surface area contributed by atoms with Gasteiger partial charge in [0.25, 0.3) is 5.91 Å². The molecule has 1 saturated carbocycles. The summed E-state index contributed by atoms with van der Waals surface area (Å²) in [6.45, 7) is 0.688. The highest BCUT2D eigenvalue weighted by Gasteiger charge is 2.42. The number of likely N-dealkylation sites (tertiary alicyclic amines) is 1. The molecule has 1 aliphatic heterocycles. The van der Waals surface area contributed by atoms with Gasteiger partial charge in [-0.15, -0.1) is 0 Å². The van der Waals surface area contributed by atoms with Crippen molar-refractivity contribution >= 4 is 5.91 Å². The molecule has 130 valence electrons. The Balaban J connectivity index is 1.62. The predicted octanol–water partition coefficient (Wildman–Crippen LogP) is 4.41. The number of rotatable bonds is 2. The molecule has 4 heteroatoms. The molecule has 1 aliphatic carbocycles. The van der Waals surface area contributed by atoms with E-state index >= 15 is 0 Å². The number of hydrogen-bond acceptors (Lipinski definition) is 2. The average Bonchev–Trinajstić information content (AvgIpc) is 2.68. The average molecular weight is 338 g/mol. The van der Waals surface area contributed by atoms with Crippen LogP contribution in [0.15, 0.2) is 48.7 Å². The number of carbonyl (C=O) groups excluding carboxylic acids is 1. The largest absolute Gasteiger partial charge is 0.335 e. The molecule has 3 nitrogen and oxygen atoms in total. The number of pyridine rings is 1. The topological polar surface area (TPSA) is 33.2 Å². The zero-order valence-electron chi connectivity index (χ0n) is 14.3. The quantitative estimate of drug-likeness (QED) is 0.760. The van der Waals surface area contributed by atoms with E-state index in [1.165, 1.54) is 18.2 Å². The molecule has 1 saturated heterocycles. The first-order chi connectivity index (χ1) is 12.3. The normalized spacial score (nSPS) is 26.1. The molecular weight excluding hydrogens is 315 g/mol. The first-order valence-electron chi connectivity index (χ1n) is 9.22. The third-order valence-electron chi connectivity index (χ3n) is 5.86. The van der Waals surface area contributed by atoms with Gasteiger partial charge in [-0.25, -0.2) is 4.98 Å². The third kappa shape index (κ3) is 3.06. The maximum atomic E-state index is 14.0. The molecule has 3 atom stereocenters. The fourth-order valence-corrected chi connectivity index (χ4v) is 4.72. The Bertz CT molecular complexity index is 749. The molecule has 2 heterocycles. The number of amides is 1. The second kappa shape index (κ2) is 6.95. The van der Waals surface area contributed by atoms with Crippen molar-refractivity contribution in [1.29, 1.82) is 0 Å². The highest BCUT2D eigenvalue weighted by Crippen LogP contribution is 2.44. The number of piperidine rings is 1. The fraction of sp³-hybridized carbons (Fsp3) is 0.429. The van der Waals surface area contributed by atoms with Gasteiger partial charge >= 0.3 is 0 Å². The van der Waals surface area contributed by atoms with Crippen molar-refractivity contribution in [3.63, 3.8) is 0 Å². The van der Waals surface area contributed by atoms with E-state index in [4.69, 9.17) is 0 Å². The summed E-state index contributed by atoms with van der Waals surface area (Å²) in [5.41, 5.74) is 1.48. The minimum atomic E-state index is -0.662. The Hall–Kier alpha value is -2.23. The molecule has 0 bridgehead atoms. The molecule has 0 radical (unpaired) electrons. The Morgan fingerprint density at radius 3 is 2.64 bits per heavy atom. The van der Waals surface area contributed by atoms with Crippen molar-refractivity contribution in [3.8, 4) is 0 Å². The molecule has 2 fully saturated rings. The highest BCUT2D eigenvalue weighted by atomic mass is 19.1. The van der Waals surface area contributed by atoms with Crippen LogP contribution >= 0.6 is 0 Å². The summed E-state index contributed by atoms with van der Waals surface area (Å²) in [5.74, 6) is 0.0990. The van der Waals surface area contributed by atoms with E-state index in [2.05, 4.69) is 29.2 Å². The lowest BCUT2D eigenvalue weighted by molar-refractivity contribution is 0.0314. The molecule has 25 heavy (non-hydrogen) atoms. The zero-order valence-corrected chi connectivity index (χ0v) is 14.3. The van der Waals surface area contributed by atoms with E-state index in [-0.39, 0.29) is 17.5 Å². The summed E-state index contributed by atoms with van der Waals surface area (Å²) < 4.78 is 14.0. The smallest absolute Gasteiger partial charge is 0.258 e. The number of carbonyl (C=O) groups is 1. The predicted molar refractivity (Wildman–Crippen MR) is 94.8 cm³/mol. The van der Waals surface area contributed by atoms with Crippen LogP contribution in [0.3, 0.4) is 0 Å². The first kappa shape index (κ1) is 16.2. The van der Waals surface area contributed by atoms with Crippen LogP contribution in [0.2, 0.25) is 0 Å². The summed E-state index contributed by atoms with van der Waals surface area (Å²) in [4.78, 5) is 18.5. The van der Waals surface area contributed by atoms with Gasteiger partial charge in [0.15, 0.2) is 0 Å². The van der Waals surface area contributed by atoms with Gasteiger partial charge in [-0.05, 0) is 48.8 Å². The van der Waals surface area contributed by atoms with Crippen molar-refractivity contribution in [1.82, 2.24) is 9.88 Å². The first-order valence-corrected chi connectivity index (χ1v) is 9.22. The zero-order chi connectivity index (χ0) is 17.2. The van der Waals surface area contributed by atoms with Gasteiger partial charge in [0, 0.05) is 18.8 Å². The lowest BCUT2D eigenvalue weighted by Crippen LogP contribution is -2.52. The van der Waals surface area contributed by atoms with Crippen molar-refractivity contribution in [2.75, 3.05) is 6.54 Å². The molecule has 1 amide bonds. The SMILES string of the molecule is O=C(c1cccnc1F)N1CC[C@H](c2ccccc2)[C@H]2CCCC[C@H]21. The number of benzene rings is 1. The third-order valence-corrected chi connectivity index (χ3v) is 5.86. The summed E-state index contributed by atoms with van der Waals surface area (Å²) in [5, 5.41) is 0. The summed E-state index contributed by atoms with van der Waals surface area (Å²) in [6, 6.07) is 14.0. The standard InChI is InChI=1S/C21H23FN2O/c22-20-18(10-6-13-23-20)21(25)24-14-12-16(15-7-2-1-3-8-15)17-9-4-5-11-19(17)24/h1-3,6-8,10,13,16-17,19H,4-5,9,11-12,14H2/t16-,17-,19-/m1/s1. The lowest BCUT2D eigenvalue weighted by Gasteiger charge is -2.48.